The first-order valence-corrected chi connectivity index (χ1v) is 5.64. The molecule has 0 heterocycles. The molecule has 0 saturated heterocycles. The lowest BCUT2D eigenvalue weighted by atomic mass is 10.0. The van der Waals surface area contributed by atoms with E-state index in [1.165, 1.54) is 18.2 Å². The maximum absolute atomic E-state index is 12.2. The van der Waals surface area contributed by atoms with Crippen molar-refractivity contribution in [1.29, 1.82) is 0 Å². The Hall–Kier alpha value is -2.50. The highest BCUT2D eigenvalue weighted by Gasteiger charge is 2.38. The van der Waals surface area contributed by atoms with Gasteiger partial charge < -0.3 is 10.4 Å². The van der Waals surface area contributed by atoms with Crippen molar-refractivity contribution < 1.29 is 23.1 Å². The number of carbonyl (C=O) groups excluding carboxylic acids is 1. The first kappa shape index (κ1) is 13.9. The summed E-state index contributed by atoms with van der Waals surface area (Å²) >= 11 is 0. The van der Waals surface area contributed by atoms with Gasteiger partial charge in [-0.15, -0.1) is 0 Å². The molecule has 0 bridgehead atoms. The van der Waals surface area contributed by atoms with E-state index < -0.39 is 12.1 Å². The second-order valence-electron chi connectivity index (χ2n) is 4.05. The largest absolute Gasteiger partial charge is 0.507 e. The van der Waals surface area contributed by atoms with Gasteiger partial charge in [0.25, 0.3) is 0 Å². The molecule has 20 heavy (non-hydrogen) atoms. The van der Waals surface area contributed by atoms with Gasteiger partial charge in [-0.05, 0) is 23.8 Å². The lowest BCUT2D eigenvalue weighted by Gasteiger charge is -2.10. The van der Waals surface area contributed by atoms with Crippen molar-refractivity contribution in [1.82, 2.24) is 0 Å². The van der Waals surface area contributed by atoms with Crippen LogP contribution in [-0.2, 0) is 4.79 Å². The summed E-state index contributed by atoms with van der Waals surface area (Å²) in [5, 5.41) is 11.5. The van der Waals surface area contributed by atoms with Crippen molar-refractivity contribution in [2.75, 3.05) is 5.32 Å². The summed E-state index contributed by atoms with van der Waals surface area (Å²) in [5.41, 5.74) is 0.933. The van der Waals surface area contributed by atoms with Gasteiger partial charge in [-0.1, -0.05) is 30.3 Å². The monoisotopic (exact) mass is 281 g/mol. The van der Waals surface area contributed by atoms with Crippen LogP contribution in [0, 0.1) is 0 Å². The maximum atomic E-state index is 12.2. The molecule has 0 aliphatic heterocycles. The average Bonchev–Trinajstić information content (AvgIpc) is 2.41. The summed E-state index contributed by atoms with van der Waals surface area (Å²) in [5.74, 6) is -2.14. The number of nitrogens with one attached hydrogen (secondary N) is 1. The summed E-state index contributed by atoms with van der Waals surface area (Å²) < 4.78 is 36.5. The third kappa shape index (κ3) is 3.09. The van der Waals surface area contributed by atoms with Crippen LogP contribution in [0.5, 0.6) is 5.75 Å². The van der Waals surface area contributed by atoms with E-state index in [2.05, 4.69) is 0 Å². The number of halogens is 3. The Morgan fingerprint density at radius 3 is 2.30 bits per heavy atom. The quantitative estimate of drug-likeness (QED) is 0.827. The number of benzene rings is 2. The van der Waals surface area contributed by atoms with Crippen molar-refractivity contribution in [3.8, 4) is 16.9 Å². The Kier molecular flexibility index (Phi) is 3.65. The molecule has 0 aromatic heterocycles. The Bertz CT molecular complexity index is 624. The number of hydrogen-bond acceptors (Lipinski definition) is 2. The van der Waals surface area contributed by atoms with E-state index in [1.807, 2.05) is 0 Å². The van der Waals surface area contributed by atoms with Gasteiger partial charge in [0.2, 0.25) is 0 Å². The third-order valence-corrected chi connectivity index (χ3v) is 2.60. The molecular formula is C14H10F3NO2. The van der Waals surface area contributed by atoms with Gasteiger partial charge in [-0.25, -0.2) is 0 Å². The minimum Gasteiger partial charge on any atom is -0.507 e. The molecule has 2 N–H and O–H groups in total. The van der Waals surface area contributed by atoms with Crippen LogP contribution in [0.3, 0.4) is 0 Å². The first-order chi connectivity index (χ1) is 9.38. The van der Waals surface area contributed by atoms with Crippen molar-refractivity contribution in [3.63, 3.8) is 0 Å². The van der Waals surface area contributed by atoms with Gasteiger partial charge in [0, 0.05) is 11.3 Å². The van der Waals surface area contributed by atoms with E-state index in [4.69, 9.17) is 0 Å². The average molecular weight is 281 g/mol. The summed E-state index contributed by atoms with van der Waals surface area (Å²) in [6.07, 6.45) is -4.95. The summed E-state index contributed by atoms with van der Waals surface area (Å²) in [7, 11) is 0. The van der Waals surface area contributed by atoms with Crippen molar-refractivity contribution in [2.24, 2.45) is 0 Å². The second-order valence-corrected chi connectivity index (χ2v) is 4.05. The van der Waals surface area contributed by atoms with E-state index >= 15 is 0 Å². The summed E-state index contributed by atoms with van der Waals surface area (Å²) in [6.45, 7) is 0. The minimum atomic E-state index is -4.95. The van der Waals surface area contributed by atoms with Crippen LogP contribution in [-0.4, -0.2) is 17.2 Å². The molecule has 0 fully saturated rings. The highest BCUT2D eigenvalue weighted by atomic mass is 19.4. The SMILES string of the molecule is O=C(Nc1ccc(O)c(-c2ccccc2)c1)C(F)(F)F. The molecule has 3 nitrogen and oxygen atoms in total. The van der Waals surface area contributed by atoms with E-state index in [9.17, 15) is 23.1 Å². The van der Waals surface area contributed by atoms with Crippen LogP contribution in [0.25, 0.3) is 11.1 Å². The van der Waals surface area contributed by atoms with E-state index in [0.717, 1.165) is 0 Å². The number of hydrogen-bond donors (Lipinski definition) is 2. The number of aromatic hydroxyl groups is 1. The summed E-state index contributed by atoms with van der Waals surface area (Å²) in [6, 6.07) is 12.4. The van der Waals surface area contributed by atoms with Crippen molar-refractivity contribution >= 4 is 11.6 Å². The molecule has 0 aliphatic rings. The molecule has 104 valence electrons. The van der Waals surface area contributed by atoms with Gasteiger partial charge >= 0.3 is 12.1 Å². The Morgan fingerprint density at radius 2 is 1.70 bits per heavy atom. The van der Waals surface area contributed by atoms with Gasteiger partial charge in [0.05, 0.1) is 0 Å². The smallest absolute Gasteiger partial charge is 0.471 e. The number of carbonyl (C=O) groups is 1. The second kappa shape index (κ2) is 5.24. The Balaban J connectivity index is 2.33. The minimum absolute atomic E-state index is 0.0380. The number of alkyl halides is 3. The number of amides is 1. The number of anilines is 1. The molecule has 0 spiro atoms. The molecular weight excluding hydrogens is 271 g/mol. The zero-order valence-electron chi connectivity index (χ0n) is 10.1. The predicted octanol–water partition coefficient (Wildman–Crippen LogP) is 3.56. The fraction of sp³-hybridized carbons (Fsp3) is 0.0714. The summed E-state index contributed by atoms with van der Waals surface area (Å²) in [4.78, 5) is 10.9. The van der Waals surface area contributed by atoms with E-state index in [0.29, 0.717) is 11.1 Å². The molecule has 0 aliphatic carbocycles. The van der Waals surface area contributed by atoms with Crippen LogP contribution in [0.4, 0.5) is 18.9 Å². The highest BCUT2D eigenvalue weighted by Crippen LogP contribution is 2.32. The number of phenols is 1. The molecule has 2 aromatic carbocycles. The van der Waals surface area contributed by atoms with E-state index in [1.54, 1.807) is 35.6 Å². The predicted molar refractivity (Wildman–Crippen MR) is 68.2 cm³/mol. The zero-order valence-corrected chi connectivity index (χ0v) is 10.1. The third-order valence-electron chi connectivity index (χ3n) is 2.60. The number of phenolic OH excluding ortho intramolecular Hbond substituents is 1. The first-order valence-electron chi connectivity index (χ1n) is 5.64. The van der Waals surface area contributed by atoms with Crippen LogP contribution in [0.15, 0.2) is 48.5 Å². The highest BCUT2D eigenvalue weighted by molar-refractivity contribution is 5.95. The molecule has 2 aromatic rings. The lowest BCUT2D eigenvalue weighted by molar-refractivity contribution is -0.167. The Labute approximate surface area is 112 Å². The fourth-order valence-corrected chi connectivity index (χ4v) is 1.66. The Morgan fingerprint density at radius 1 is 1.05 bits per heavy atom. The molecule has 2 rings (SSSR count). The maximum Gasteiger partial charge on any atom is 0.471 e. The van der Waals surface area contributed by atoms with Gasteiger partial charge in [0.1, 0.15) is 5.75 Å². The molecule has 0 atom stereocenters. The molecule has 0 unspecified atom stereocenters. The van der Waals surface area contributed by atoms with Gasteiger partial charge in [-0.2, -0.15) is 13.2 Å². The molecule has 0 radical (unpaired) electrons. The normalized spacial score (nSPS) is 11.2. The van der Waals surface area contributed by atoms with Crippen LogP contribution < -0.4 is 5.32 Å². The zero-order chi connectivity index (χ0) is 14.8. The lowest BCUT2D eigenvalue weighted by Crippen LogP contribution is -2.29. The topological polar surface area (TPSA) is 49.3 Å². The van der Waals surface area contributed by atoms with Crippen molar-refractivity contribution in [2.45, 2.75) is 6.18 Å². The van der Waals surface area contributed by atoms with Crippen LogP contribution in [0.2, 0.25) is 0 Å². The van der Waals surface area contributed by atoms with Crippen LogP contribution in [0.1, 0.15) is 0 Å². The standard InChI is InChI=1S/C14H10F3NO2/c15-14(16,17)13(20)18-10-6-7-12(19)11(8-10)9-4-2-1-3-5-9/h1-8,19H,(H,18,20). The van der Waals surface area contributed by atoms with Gasteiger partial charge in [-0.3, -0.25) is 4.79 Å². The molecule has 0 saturated carbocycles. The number of rotatable bonds is 2. The van der Waals surface area contributed by atoms with Crippen molar-refractivity contribution in [3.05, 3.63) is 48.5 Å². The fourth-order valence-electron chi connectivity index (χ4n) is 1.66. The van der Waals surface area contributed by atoms with Crippen LogP contribution >= 0.6 is 0 Å². The van der Waals surface area contributed by atoms with Gasteiger partial charge in [0.15, 0.2) is 0 Å². The molecule has 6 heteroatoms. The van der Waals surface area contributed by atoms with E-state index in [-0.39, 0.29) is 11.4 Å². The molecule has 1 amide bonds.